The molecule has 1 N–H and O–H groups in total. The third kappa shape index (κ3) is 4.72. The van der Waals surface area contributed by atoms with Gasteiger partial charge in [0.05, 0.1) is 16.8 Å². The number of hydrogen-bond acceptors (Lipinski definition) is 5. The molecule has 0 radical (unpaired) electrons. The molecular weight excluding hydrogens is 429 g/mol. The van der Waals surface area contributed by atoms with E-state index in [0.717, 1.165) is 34.1 Å². The molecule has 4 rings (SSSR count). The van der Waals surface area contributed by atoms with Crippen LogP contribution in [-0.4, -0.2) is 21.0 Å². The van der Waals surface area contributed by atoms with Gasteiger partial charge in [0.25, 0.3) is 0 Å². The molecule has 0 atom stereocenters. The number of aromatic carboxylic acids is 1. The molecule has 0 unspecified atom stereocenters. The monoisotopic (exact) mass is 442 g/mol. The summed E-state index contributed by atoms with van der Waals surface area (Å²) in [5.41, 5.74) is 1.74. The maximum Gasteiger partial charge on any atom is 0.417 e. The van der Waals surface area contributed by atoms with Crippen LogP contribution in [-0.2, 0) is 6.18 Å². The number of benzene rings is 2. The molecule has 31 heavy (non-hydrogen) atoms. The number of carboxylic acids is 1. The number of nitrogens with zero attached hydrogens (tertiary/aromatic N) is 2. The Hall–Kier alpha value is -3.72. The second-order valence-electron chi connectivity index (χ2n) is 6.43. The molecule has 2 aromatic heterocycles. The topological polar surface area (TPSA) is 72.3 Å². The second kappa shape index (κ2) is 8.19. The minimum absolute atomic E-state index is 0.0575. The normalized spacial score (nSPS) is 11.3. The quantitative estimate of drug-likeness (QED) is 0.388. The highest BCUT2D eigenvalue weighted by Gasteiger charge is 2.30. The summed E-state index contributed by atoms with van der Waals surface area (Å²) in [5.74, 6) is -0.501. The van der Waals surface area contributed by atoms with Crippen LogP contribution in [0.15, 0.2) is 72.2 Å². The number of carbonyl (C=O) groups is 1. The number of hydrogen-bond donors (Lipinski definition) is 1. The first kappa shape index (κ1) is 20.5. The number of halogens is 3. The second-order valence-corrected chi connectivity index (χ2v) is 7.29. The Balaban J connectivity index is 1.46. The van der Waals surface area contributed by atoms with Crippen molar-refractivity contribution in [2.75, 3.05) is 0 Å². The van der Waals surface area contributed by atoms with E-state index in [-0.39, 0.29) is 11.4 Å². The first-order valence-corrected chi connectivity index (χ1v) is 9.78. The van der Waals surface area contributed by atoms with Crippen molar-refractivity contribution in [3.63, 3.8) is 0 Å². The first-order valence-electron chi connectivity index (χ1n) is 8.90. The van der Waals surface area contributed by atoms with Gasteiger partial charge in [-0.15, -0.1) is 11.3 Å². The minimum Gasteiger partial charge on any atom is -0.478 e. The predicted molar refractivity (Wildman–Crippen MR) is 109 cm³/mol. The Bertz CT molecular complexity index is 1200. The van der Waals surface area contributed by atoms with Gasteiger partial charge in [-0.2, -0.15) is 13.2 Å². The van der Waals surface area contributed by atoms with E-state index in [9.17, 15) is 18.0 Å². The van der Waals surface area contributed by atoms with Crippen LogP contribution in [0.1, 0.15) is 15.9 Å². The van der Waals surface area contributed by atoms with Crippen LogP contribution in [0, 0.1) is 0 Å². The third-order valence-electron chi connectivity index (χ3n) is 4.32. The SMILES string of the molecule is O=C(O)c1ccc(-c2csc(-c3ccc(Oc4ccc(C(F)(F)F)cn4)cc3)n2)cc1. The Morgan fingerprint density at radius 3 is 2.19 bits per heavy atom. The number of aromatic nitrogens is 2. The largest absolute Gasteiger partial charge is 0.478 e. The van der Waals surface area contributed by atoms with Crippen molar-refractivity contribution in [3.8, 4) is 33.5 Å². The summed E-state index contributed by atoms with van der Waals surface area (Å²) in [6, 6.07) is 15.5. The zero-order valence-corrected chi connectivity index (χ0v) is 16.4. The van der Waals surface area contributed by atoms with Gasteiger partial charge in [0.1, 0.15) is 10.8 Å². The van der Waals surface area contributed by atoms with Crippen molar-refractivity contribution >= 4 is 17.3 Å². The molecule has 0 saturated heterocycles. The molecule has 0 amide bonds. The minimum atomic E-state index is -4.45. The molecule has 0 fully saturated rings. The lowest BCUT2D eigenvalue weighted by Gasteiger charge is -2.08. The van der Waals surface area contributed by atoms with Gasteiger partial charge in [0.15, 0.2) is 0 Å². The lowest BCUT2D eigenvalue weighted by molar-refractivity contribution is -0.137. The van der Waals surface area contributed by atoms with Crippen LogP contribution in [0.4, 0.5) is 13.2 Å². The molecule has 5 nitrogen and oxygen atoms in total. The van der Waals surface area contributed by atoms with E-state index >= 15 is 0 Å². The van der Waals surface area contributed by atoms with Crippen LogP contribution in [0.5, 0.6) is 11.6 Å². The Morgan fingerprint density at radius 2 is 1.61 bits per heavy atom. The van der Waals surface area contributed by atoms with E-state index < -0.39 is 17.7 Å². The van der Waals surface area contributed by atoms with E-state index in [2.05, 4.69) is 9.97 Å². The van der Waals surface area contributed by atoms with Crippen LogP contribution in [0.3, 0.4) is 0 Å². The molecule has 0 aliphatic rings. The summed E-state index contributed by atoms with van der Waals surface area (Å²) < 4.78 is 43.3. The highest BCUT2D eigenvalue weighted by atomic mass is 32.1. The zero-order valence-electron chi connectivity index (χ0n) is 15.6. The van der Waals surface area contributed by atoms with Gasteiger partial charge >= 0.3 is 12.1 Å². The highest BCUT2D eigenvalue weighted by molar-refractivity contribution is 7.13. The molecule has 4 aromatic rings. The fourth-order valence-electron chi connectivity index (χ4n) is 2.72. The molecule has 0 bridgehead atoms. The van der Waals surface area contributed by atoms with Crippen LogP contribution >= 0.6 is 11.3 Å². The Labute approximate surface area is 178 Å². The van der Waals surface area contributed by atoms with Crippen molar-refractivity contribution in [3.05, 3.63) is 83.4 Å². The van der Waals surface area contributed by atoms with Gasteiger partial charge in [0, 0.05) is 28.8 Å². The van der Waals surface area contributed by atoms with Crippen LogP contribution < -0.4 is 4.74 Å². The van der Waals surface area contributed by atoms with Gasteiger partial charge in [0.2, 0.25) is 5.88 Å². The first-order chi connectivity index (χ1) is 14.8. The fourth-order valence-corrected chi connectivity index (χ4v) is 3.55. The number of pyridine rings is 1. The zero-order chi connectivity index (χ0) is 22.0. The molecular formula is C22H13F3N2O3S. The van der Waals surface area contributed by atoms with Crippen molar-refractivity contribution in [1.82, 2.24) is 9.97 Å². The average molecular weight is 442 g/mol. The lowest BCUT2D eigenvalue weighted by atomic mass is 10.1. The molecule has 156 valence electrons. The van der Waals surface area contributed by atoms with Crippen molar-refractivity contribution in [2.45, 2.75) is 6.18 Å². The maximum atomic E-state index is 12.6. The number of thiazole rings is 1. The number of rotatable bonds is 5. The fraction of sp³-hybridized carbons (Fsp3) is 0.0455. The molecule has 0 spiro atoms. The smallest absolute Gasteiger partial charge is 0.417 e. The standard InChI is InChI=1S/C22H13F3N2O3S/c23-22(24,25)16-7-10-19(26-11-16)30-17-8-5-14(6-9-17)20-27-18(12-31-20)13-1-3-15(4-2-13)21(28)29/h1-12H,(H,28,29). The van der Waals surface area contributed by atoms with E-state index in [0.29, 0.717) is 5.75 Å². The molecule has 0 aliphatic heterocycles. The highest BCUT2D eigenvalue weighted by Crippen LogP contribution is 2.32. The van der Waals surface area contributed by atoms with E-state index in [4.69, 9.17) is 9.84 Å². The maximum absolute atomic E-state index is 12.6. The Kier molecular flexibility index (Phi) is 5.43. The van der Waals surface area contributed by atoms with Crippen LogP contribution in [0.2, 0.25) is 0 Å². The van der Waals surface area contributed by atoms with E-state index in [1.807, 2.05) is 5.38 Å². The number of alkyl halides is 3. The van der Waals surface area contributed by atoms with Gasteiger partial charge in [-0.05, 0) is 42.5 Å². The average Bonchev–Trinajstić information content (AvgIpc) is 3.24. The van der Waals surface area contributed by atoms with Crippen LogP contribution in [0.25, 0.3) is 21.8 Å². The molecule has 0 aliphatic carbocycles. The molecule has 2 heterocycles. The van der Waals surface area contributed by atoms with E-state index in [1.54, 1.807) is 36.4 Å². The number of ether oxygens (including phenoxy) is 1. The van der Waals surface area contributed by atoms with Gasteiger partial charge < -0.3 is 9.84 Å². The molecule has 9 heteroatoms. The number of carboxylic acid groups (broad SMARTS) is 1. The molecule has 0 saturated carbocycles. The van der Waals surface area contributed by atoms with Gasteiger partial charge in [-0.3, -0.25) is 0 Å². The molecule has 2 aromatic carbocycles. The summed E-state index contributed by atoms with van der Waals surface area (Å²) in [7, 11) is 0. The van der Waals surface area contributed by atoms with Gasteiger partial charge in [-0.1, -0.05) is 12.1 Å². The van der Waals surface area contributed by atoms with Gasteiger partial charge in [-0.25, -0.2) is 14.8 Å². The predicted octanol–water partition coefficient (Wildman–Crippen LogP) is 6.38. The van der Waals surface area contributed by atoms with Crippen molar-refractivity contribution in [2.24, 2.45) is 0 Å². The third-order valence-corrected chi connectivity index (χ3v) is 5.21. The Morgan fingerprint density at radius 1 is 0.935 bits per heavy atom. The summed E-state index contributed by atoms with van der Waals surface area (Å²) in [5, 5.41) is 11.6. The summed E-state index contributed by atoms with van der Waals surface area (Å²) in [6.07, 6.45) is -3.72. The van der Waals surface area contributed by atoms with Crippen molar-refractivity contribution < 1.29 is 27.8 Å². The lowest BCUT2D eigenvalue weighted by Crippen LogP contribution is -2.05. The summed E-state index contributed by atoms with van der Waals surface area (Å²) in [6.45, 7) is 0. The summed E-state index contributed by atoms with van der Waals surface area (Å²) in [4.78, 5) is 19.2. The van der Waals surface area contributed by atoms with E-state index in [1.165, 1.54) is 29.5 Å². The summed E-state index contributed by atoms with van der Waals surface area (Å²) >= 11 is 1.43. The van der Waals surface area contributed by atoms with Crippen molar-refractivity contribution in [1.29, 1.82) is 0 Å².